The Bertz CT molecular complexity index is 1470. The van der Waals surface area contributed by atoms with Gasteiger partial charge in [-0.15, -0.1) is 0 Å². The van der Waals surface area contributed by atoms with Gasteiger partial charge in [0.25, 0.3) is 0 Å². The molecule has 4 heteroatoms. The summed E-state index contributed by atoms with van der Waals surface area (Å²) < 4.78 is 0. The van der Waals surface area contributed by atoms with Crippen LogP contribution in [0.3, 0.4) is 0 Å². The molecule has 0 radical (unpaired) electrons. The van der Waals surface area contributed by atoms with E-state index in [2.05, 4.69) is 114 Å². The molecule has 0 saturated carbocycles. The maximum Gasteiger partial charge on any atom is 0.146 e. The Morgan fingerprint density at radius 3 is 1.89 bits per heavy atom. The van der Waals surface area contributed by atoms with Crippen molar-refractivity contribution in [1.82, 2.24) is 9.88 Å². The van der Waals surface area contributed by atoms with Gasteiger partial charge in [0.2, 0.25) is 0 Å². The van der Waals surface area contributed by atoms with E-state index in [1.165, 1.54) is 18.4 Å². The van der Waals surface area contributed by atoms with Crippen molar-refractivity contribution < 1.29 is 0 Å². The molecule has 4 aromatic carbocycles. The molecule has 188 valence electrons. The van der Waals surface area contributed by atoms with Crippen molar-refractivity contribution in [2.75, 3.05) is 13.1 Å². The topological polar surface area (TPSA) is 28.5 Å². The summed E-state index contributed by atoms with van der Waals surface area (Å²) in [5.41, 5.74) is 5.76. The molecule has 38 heavy (non-hydrogen) atoms. The van der Waals surface area contributed by atoms with Gasteiger partial charge in [0.1, 0.15) is 21.5 Å². The van der Waals surface area contributed by atoms with Crippen LogP contribution in [0.1, 0.15) is 24.0 Å². The van der Waals surface area contributed by atoms with E-state index >= 15 is 0 Å². The average Bonchev–Trinajstić information content (AvgIpc) is 3.42. The number of aliphatic imine (C=N–C) groups is 1. The fraction of sp³-hybridized carbons (Fsp3) is 0.176. The molecule has 0 bridgehead atoms. The van der Waals surface area contributed by atoms with E-state index in [-0.39, 0.29) is 0 Å². The maximum atomic E-state index is 5.38. The summed E-state index contributed by atoms with van der Waals surface area (Å²) in [4.78, 5) is 13.0. The Hall–Kier alpha value is -4.02. The van der Waals surface area contributed by atoms with Gasteiger partial charge >= 0.3 is 0 Å². The molecule has 5 aromatic rings. The van der Waals surface area contributed by atoms with Crippen LogP contribution >= 0.6 is 11.3 Å². The van der Waals surface area contributed by atoms with E-state index < -0.39 is 0 Å². The van der Waals surface area contributed by atoms with Crippen molar-refractivity contribution in [3.63, 3.8) is 0 Å². The highest BCUT2D eigenvalue weighted by atomic mass is 32.1. The first kappa shape index (κ1) is 24.3. The lowest BCUT2D eigenvalue weighted by atomic mass is 9.90. The molecule has 0 unspecified atom stereocenters. The highest BCUT2D eigenvalue weighted by molar-refractivity contribution is 7.19. The third kappa shape index (κ3) is 5.61. The quantitative estimate of drug-likeness (QED) is 0.168. The standard InChI is InChI=1S/C34H31N3S/c1-5-13-26(14-6-1)25-27-21-23-37(24-22-27)32(29-17-9-3-10-18-29)36-34-31(28-15-7-2-8-16-28)35-33(38-34)30-19-11-4-12-20-30/h1-20,27H,21-25H2. The molecule has 2 heterocycles. The average molecular weight is 514 g/mol. The van der Waals surface area contributed by atoms with Crippen LogP contribution in [-0.2, 0) is 6.42 Å². The van der Waals surface area contributed by atoms with E-state index in [4.69, 9.17) is 9.98 Å². The van der Waals surface area contributed by atoms with Gasteiger partial charge in [0, 0.05) is 29.8 Å². The number of hydrogen-bond acceptors (Lipinski definition) is 3. The van der Waals surface area contributed by atoms with Gasteiger partial charge in [-0.2, -0.15) is 0 Å². The van der Waals surface area contributed by atoms with E-state index in [0.717, 1.165) is 57.7 Å². The van der Waals surface area contributed by atoms with E-state index in [1.54, 1.807) is 11.3 Å². The summed E-state index contributed by atoms with van der Waals surface area (Å²) in [5.74, 6) is 1.75. The summed E-state index contributed by atoms with van der Waals surface area (Å²) in [6.45, 7) is 2.02. The molecule has 0 spiro atoms. The van der Waals surface area contributed by atoms with Crippen LogP contribution in [0, 0.1) is 5.92 Å². The number of likely N-dealkylation sites (tertiary alicyclic amines) is 1. The number of nitrogens with zero attached hydrogens (tertiary/aromatic N) is 3. The Kier molecular flexibility index (Phi) is 7.41. The van der Waals surface area contributed by atoms with Crippen molar-refractivity contribution >= 4 is 22.2 Å². The molecule has 1 saturated heterocycles. The van der Waals surface area contributed by atoms with Crippen molar-refractivity contribution in [3.05, 3.63) is 132 Å². The Morgan fingerprint density at radius 2 is 1.26 bits per heavy atom. The molecule has 3 nitrogen and oxygen atoms in total. The predicted octanol–water partition coefficient (Wildman–Crippen LogP) is 8.51. The zero-order valence-electron chi connectivity index (χ0n) is 21.4. The summed E-state index contributed by atoms with van der Waals surface area (Å²) in [5, 5.41) is 1.96. The Morgan fingerprint density at radius 1 is 0.711 bits per heavy atom. The van der Waals surface area contributed by atoms with Gasteiger partial charge in [-0.1, -0.05) is 133 Å². The first-order valence-corrected chi connectivity index (χ1v) is 14.2. The van der Waals surface area contributed by atoms with Crippen LogP contribution in [0.2, 0.25) is 0 Å². The summed E-state index contributed by atoms with van der Waals surface area (Å²) in [6, 6.07) is 42.4. The van der Waals surface area contributed by atoms with Gasteiger partial charge in [0.15, 0.2) is 0 Å². The number of thiazole rings is 1. The molecule has 1 fully saturated rings. The number of amidine groups is 1. The molecular weight excluding hydrogens is 482 g/mol. The first-order valence-electron chi connectivity index (χ1n) is 13.4. The van der Waals surface area contributed by atoms with Gasteiger partial charge in [-0.25, -0.2) is 9.98 Å². The molecule has 0 atom stereocenters. The molecule has 1 aromatic heterocycles. The second kappa shape index (κ2) is 11.6. The lowest BCUT2D eigenvalue weighted by Crippen LogP contribution is -2.39. The molecule has 0 aliphatic carbocycles. The first-order chi connectivity index (χ1) is 18.8. The third-order valence-corrected chi connectivity index (χ3v) is 8.20. The lowest BCUT2D eigenvalue weighted by Gasteiger charge is -2.34. The molecule has 1 aliphatic heterocycles. The monoisotopic (exact) mass is 513 g/mol. The van der Waals surface area contributed by atoms with E-state index in [1.807, 2.05) is 12.1 Å². The molecular formula is C34H31N3S. The summed E-state index contributed by atoms with van der Waals surface area (Å²) in [7, 11) is 0. The second-order valence-electron chi connectivity index (χ2n) is 9.83. The fourth-order valence-electron chi connectivity index (χ4n) is 5.17. The van der Waals surface area contributed by atoms with Crippen molar-refractivity contribution in [3.8, 4) is 21.8 Å². The van der Waals surface area contributed by atoms with E-state index in [9.17, 15) is 0 Å². The van der Waals surface area contributed by atoms with Gasteiger partial charge in [-0.05, 0) is 30.7 Å². The number of benzene rings is 4. The smallest absolute Gasteiger partial charge is 0.146 e. The number of hydrogen-bond donors (Lipinski definition) is 0. The molecule has 1 aliphatic rings. The van der Waals surface area contributed by atoms with E-state index in [0.29, 0.717) is 5.92 Å². The van der Waals surface area contributed by atoms with Crippen LogP contribution in [-0.4, -0.2) is 28.8 Å². The predicted molar refractivity (Wildman–Crippen MR) is 160 cm³/mol. The molecule has 0 amide bonds. The number of piperidine rings is 1. The SMILES string of the molecule is c1ccc(CC2CCN(C(=Nc3sc(-c4ccccc4)nc3-c3ccccc3)c3ccccc3)CC2)cc1. The fourth-order valence-corrected chi connectivity index (χ4v) is 6.14. The van der Waals surface area contributed by atoms with Gasteiger partial charge in [0.05, 0.1) is 0 Å². The Balaban J connectivity index is 1.35. The normalized spacial score (nSPS) is 14.5. The van der Waals surface area contributed by atoms with Crippen molar-refractivity contribution in [2.45, 2.75) is 19.3 Å². The minimum Gasteiger partial charge on any atom is -0.356 e. The summed E-state index contributed by atoms with van der Waals surface area (Å²) >= 11 is 1.67. The summed E-state index contributed by atoms with van der Waals surface area (Å²) in [6.07, 6.45) is 3.49. The molecule has 0 N–H and O–H groups in total. The lowest BCUT2D eigenvalue weighted by molar-refractivity contribution is 0.265. The van der Waals surface area contributed by atoms with Crippen molar-refractivity contribution in [2.24, 2.45) is 10.9 Å². The number of rotatable bonds is 6. The van der Waals surface area contributed by atoms with Crippen molar-refractivity contribution in [1.29, 1.82) is 0 Å². The van der Waals surface area contributed by atoms with Gasteiger partial charge in [-0.3, -0.25) is 0 Å². The maximum absolute atomic E-state index is 5.38. The Labute approximate surface area is 229 Å². The zero-order valence-corrected chi connectivity index (χ0v) is 22.2. The highest BCUT2D eigenvalue weighted by Crippen LogP contribution is 2.40. The number of aromatic nitrogens is 1. The third-order valence-electron chi connectivity index (χ3n) is 7.20. The zero-order chi connectivity index (χ0) is 25.6. The minimum atomic E-state index is 0.707. The largest absolute Gasteiger partial charge is 0.356 e. The van der Waals surface area contributed by atoms with Crippen LogP contribution in [0.25, 0.3) is 21.8 Å². The van der Waals surface area contributed by atoms with Gasteiger partial charge < -0.3 is 4.90 Å². The minimum absolute atomic E-state index is 0.707. The highest BCUT2D eigenvalue weighted by Gasteiger charge is 2.24. The van der Waals surface area contributed by atoms with Crippen LogP contribution in [0.5, 0.6) is 0 Å². The molecule has 6 rings (SSSR count). The van der Waals surface area contributed by atoms with Crippen LogP contribution in [0.4, 0.5) is 5.00 Å². The second-order valence-corrected chi connectivity index (χ2v) is 10.8. The van der Waals surface area contributed by atoms with Crippen LogP contribution < -0.4 is 0 Å². The van der Waals surface area contributed by atoms with Crippen LogP contribution in [0.15, 0.2) is 126 Å².